The van der Waals surface area contributed by atoms with E-state index in [1.54, 1.807) is 18.7 Å². The van der Waals surface area contributed by atoms with Gasteiger partial charge >= 0.3 is 12.1 Å². The van der Waals surface area contributed by atoms with E-state index < -0.39 is 5.97 Å². The molecule has 0 aromatic rings. The molecule has 0 radical (unpaired) electrons. The van der Waals surface area contributed by atoms with E-state index >= 15 is 0 Å². The van der Waals surface area contributed by atoms with Crippen molar-refractivity contribution in [3.05, 3.63) is 0 Å². The Hall–Kier alpha value is -1.26. The maximum atomic E-state index is 11.4. The number of carbonyl (C=O) groups excluding carboxylic acids is 1. The van der Waals surface area contributed by atoms with Crippen molar-refractivity contribution in [1.82, 2.24) is 4.90 Å². The zero-order valence-corrected chi connectivity index (χ0v) is 10.5. The number of carbonyl (C=O) groups is 2. The van der Waals surface area contributed by atoms with Gasteiger partial charge in [-0.05, 0) is 32.1 Å². The smallest absolute Gasteiger partial charge is 0.409 e. The quantitative estimate of drug-likeness (QED) is 0.819. The van der Waals surface area contributed by atoms with Crippen molar-refractivity contribution in [2.24, 2.45) is 11.8 Å². The SMILES string of the molecule is CCOC(=O)N1CCC(CC(C)C(=O)O)CC1. The maximum absolute atomic E-state index is 11.4. The number of amides is 1. The normalized spacial score (nSPS) is 18.8. The van der Waals surface area contributed by atoms with Crippen molar-refractivity contribution in [2.75, 3.05) is 19.7 Å². The Bertz CT molecular complexity index is 272. The van der Waals surface area contributed by atoms with Crippen LogP contribution < -0.4 is 0 Å². The molecule has 1 N–H and O–H groups in total. The number of hydrogen-bond acceptors (Lipinski definition) is 3. The number of carboxylic acids is 1. The summed E-state index contributed by atoms with van der Waals surface area (Å²) in [6.07, 6.45) is 2.19. The summed E-state index contributed by atoms with van der Waals surface area (Å²) in [5.41, 5.74) is 0. The summed E-state index contributed by atoms with van der Waals surface area (Å²) >= 11 is 0. The van der Waals surface area contributed by atoms with Gasteiger partial charge in [0.1, 0.15) is 0 Å². The summed E-state index contributed by atoms with van der Waals surface area (Å²) in [4.78, 5) is 23.9. The maximum Gasteiger partial charge on any atom is 0.409 e. The molecular weight excluding hydrogens is 222 g/mol. The molecule has 1 aliphatic rings. The first-order valence-corrected chi connectivity index (χ1v) is 6.19. The van der Waals surface area contributed by atoms with E-state index in [4.69, 9.17) is 9.84 Å². The monoisotopic (exact) mass is 243 g/mol. The van der Waals surface area contributed by atoms with Crippen LogP contribution in [0, 0.1) is 11.8 Å². The number of carboxylic acid groups (broad SMARTS) is 1. The van der Waals surface area contributed by atoms with Crippen LogP contribution in [0.1, 0.15) is 33.1 Å². The molecule has 0 saturated carbocycles. The summed E-state index contributed by atoms with van der Waals surface area (Å²) in [6.45, 7) is 5.28. The average molecular weight is 243 g/mol. The number of likely N-dealkylation sites (tertiary alicyclic amines) is 1. The number of hydrogen-bond donors (Lipinski definition) is 1. The Morgan fingerprint density at radius 2 is 2.00 bits per heavy atom. The molecule has 0 aromatic carbocycles. The molecule has 5 heteroatoms. The zero-order valence-electron chi connectivity index (χ0n) is 10.5. The predicted octanol–water partition coefficient (Wildman–Crippen LogP) is 1.97. The third kappa shape index (κ3) is 4.24. The van der Waals surface area contributed by atoms with Gasteiger partial charge in [-0.15, -0.1) is 0 Å². The molecule has 1 atom stereocenters. The molecule has 0 bridgehead atoms. The van der Waals surface area contributed by atoms with Crippen LogP contribution in [0.5, 0.6) is 0 Å². The fraction of sp³-hybridized carbons (Fsp3) is 0.833. The Labute approximate surface area is 102 Å². The molecule has 5 nitrogen and oxygen atoms in total. The lowest BCUT2D eigenvalue weighted by Gasteiger charge is -2.31. The van der Waals surface area contributed by atoms with Crippen LogP contribution >= 0.6 is 0 Å². The van der Waals surface area contributed by atoms with Crippen LogP contribution in [0.4, 0.5) is 4.79 Å². The molecule has 0 aromatic heterocycles. The molecule has 0 aliphatic carbocycles. The lowest BCUT2D eigenvalue weighted by atomic mass is 9.88. The van der Waals surface area contributed by atoms with Crippen molar-refractivity contribution in [1.29, 1.82) is 0 Å². The number of nitrogens with zero attached hydrogens (tertiary/aromatic N) is 1. The number of ether oxygens (including phenoxy) is 1. The minimum absolute atomic E-state index is 0.253. The summed E-state index contributed by atoms with van der Waals surface area (Å²) in [6, 6.07) is 0. The van der Waals surface area contributed by atoms with E-state index in [1.165, 1.54) is 0 Å². The van der Waals surface area contributed by atoms with Gasteiger partial charge < -0.3 is 14.7 Å². The highest BCUT2D eigenvalue weighted by Gasteiger charge is 2.26. The molecule has 1 heterocycles. The predicted molar refractivity (Wildman–Crippen MR) is 62.7 cm³/mol. The van der Waals surface area contributed by atoms with E-state index in [-0.39, 0.29) is 12.0 Å². The first kappa shape index (κ1) is 13.8. The highest BCUT2D eigenvalue weighted by molar-refractivity contribution is 5.69. The Kier molecular flexibility index (Phi) is 5.25. The number of rotatable bonds is 4. The van der Waals surface area contributed by atoms with Crippen molar-refractivity contribution < 1.29 is 19.4 Å². The van der Waals surface area contributed by atoms with Crippen LogP contribution in [-0.2, 0) is 9.53 Å². The molecule has 1 aliphatic heterocycles. The standard InChI is InChI=1S/C12H21NO4/c1-3-17-12(16)13-6-4-10(5-7-13)8-9(2)11(14)15/h9-10H,3-8H2,1-2H3,(H,14,15). The molecule has 0 spiro atoms. The molecule has 1 unspecified atom stereocenters. The molecule has 1 saturated heterocycles. The third-order valence-corrected chi connectivity index (χ3v) is 3.25. The van der Waals surface area contributed by atoms with Crippen LogP contribution in [-0.4, -0.2) is 41.8 Å². The van der Waals surface area contributed by atoms with Crippen LogP contribution in [0.2, 0.25) is 0 Å². The van der Waals surface area contributed by atoms with Gasteiger partial charge in [-0.1, -0.05) is 6.92 Å². The van der Waals surface area contributed by atoms with Crippen LogP contribution in [0.15, 0.2) is 0 Å². The highest BCUT2D eigenvalue weighted by atomic mass is 16.6. The minimum atomic E-state index is -0.738. The minimum Gasteiger partial charge on any atom is -0.481 e. The Morgan fingerprint density at radius 3 is 2.47 bits per heavy atom. The van der Waals surface area contributed by atoms with Gasteiger partial charge in [0.2, 0.25) is 0 Å². The van der Waals surface area contributed by atoms with E-state index in [0.717, 1.165) is 12.8 Å². The topological polar surface area (TPSA) is 66.8 Å². The van der Waals surface area contributed by atoms with Crippen molar-refractivity contribution in [2.45, 2.75) is 33.1 Å². The van der Waals surface area contributed by atoms with Gasteiger partial charge in [0.05, 0.1) is 12.5 Å². The van der Waals surface area contributed by atoms with E-state index in [2.05, 4.69) is 0 Å². The fourth-order valence-corrected chi connectivity index (χ4v) is 2.17. The Morgan fingerprint density at radius 1 is 1.41 bits per heavy atom. The molecule has 1 fully saturated rings. The van der Waals surface area contributed by atoms with Crippen LogP contribution in [0.3, 0.4) is 0 Å². The second kappa shape index (κ2) is 6.47. The molecule has 17 heavy (non-hydrogen) atoms. The first-order valence-electron chi connectivity index (χ1n) is 6.19. The zero-order chi connectivity index (χ0) is 12.8. The third-order valence-electron chi connectivity index (χ3n) is 3.25. The van der Waals surface area contributed by atoms with Gasteiger partial charge in [0.15, 0.2) is 0 Å². The average Bonchev–Trinajstić information content (AvgIpc) is 2.30. The summed E-state index contributed by atoms with van der Waals surface area (Å²) in [7, 11) is 0. The van der Waals surface area contributed by atoms with Gasteiger partial charge in [0.25, 0.3) is 0 Å². The fourth-order valence-electron chi connectivity index (χ4n) is 2.17. The summed E-state index contributed by atoms with van der Waals surface area (Å²) in [5, 5.41) is 8.84. The second-order valence-electron chi connectivity index (χ2n) is 4.60. The summed E-state index contributed by atoms with van der Waals surface area (Å²) in [5.74, 6) is -0.626. The van der Waals surface area contributed by atoms with Crippen molar-refractivity contribution in [3.8, 4) is 0 Å². The highest BCUT2D eigenvalue weighted by Crippen LogP contribution is 2.24. The number of piperidine rings is 1. The molecule has 1 rings (SSSR count). The second-order valence-corrected chi connectivity index (χ2v) is 4.60. The van der Waals surface area contributed by atoms with Gasteiger partial charge in [0, 0.05) is 13.1 Å². The molecular formula is C12H21NO4. The molecule has 1 amide bonds. The van der Waals surface area contributed by atoms with Gasteiger partial charge in [-0.3, -0.25) is 4.79 Å². The van der Waals surface area contributed by atoms with Crippen molar-refractivity contribution >= 4 is 12.1 Å². The summed E-state index contributed by atoms with van der Waals surface area (Å²) < 4.78 is 4.93. The molecule has 98 valence electrons. The van der Waals surface area contributed by atoms with E-state index in [1.807, 2.05) is 0 Å². The van der Waals surface area contributed by atoms with E-state index in [9.17, 15) is 9.59 Å². The van der Waals surface area contributed by atoms with E-state index in [0.29, 0.717) is 32.0 Å². The first-order chi connectivity index (χ1) is 8.04. The largest absolute Gasteiger partial charge is 0.481 e. The number of aliphatic carboxylic acids is 1. The lowest BCUT2D eigenvalue weighted by molar-refractivity contribution is -0.141. The van der Waals surface area contributed by atoms with Crippen LogP contribution in [0.25, 0.3) is 0 Å². The van der Waals surface area contributed by atoms with Crippen molar-refractivity contribution in [3.63, 3.8) is 0 Å². The lowest BCUT2D eigenvalue weighted by Crippen LogP contribution is -2.39. The van der Waals surface area contributed by atoms with Gasteiger partial charge in [-0.25, -0.2) is 4.79 Å². The Balaban J connectivity index is 2.30. The van der Waals surface area contributed by atoms with Gasteiger partial charge in [-0.2, -0.15) is 0 Å².